The van der Waals surface area contributed by atoms with Crippen LogP contribution in [0.5, 0.6) is 0 Å². The van der Waals surface area contributed by atoms with Crippen molar-refractivity contribution in [3.8, 4) is 11.3 Å². The van der Waals surface area contributed by atoms with Crippen molar-refractivity contribution in [2.45, 2.75) is 65.2 Å². The molecule has 0 spiro atoms. The highest BCUT2D eigenvalue weighted by Gasteiger charge is 2.02. The summed E-state index contributed by atoms with van der Waals surface area (Å²) in [6, 6.07) is 22.5. The van der Waals surface area contributed by atoms with E-state index < -0.39 is 0 Å². The molecular formula is C27H33N. The number of rotatable bonds is 10. The van der Waals surface area contributed by atoms with Crippen LogP contribution in [0.2, 0.25) is 0 Å². The van der Waals surface area contributed by atoms with Crippen LogP contribution in [-0.4, -0.2) is 4.98 Å². The summed E-state index contributed by atoms with van der Waals surface area (Å²) < 4.78 is 0. The minimum atomic E-state index is 1.06. The Bertz CT molecular complexity index is 814. The molecule has 0 amide bonds. The summed E-state index contributed by atoms with van der Waals surface area (Å²) in [7, 11) is 0. The molecule has 0 aliphatic rings. The van der Waals surface area contributed by atoms with Crippen LogP contribution in [0, 0.1) is 0 Å². The zero-order valence-electron chi connectivity index (χ0n) is 17.5. The molecule has 0 bridgehead atoms. The highest BCUT2D eigenvalue weighted by Crippen LogP contribution is 2.19. The quantitative estimate of drug-likeness (QED) is 0.343. The predicted molar refractivity (Wildman–Crippen MR) is 121 cm³/mol. The van der Waals surface area contributed by atoms with E-state index in [4.69, 9.17) is 0 Å². The van der Waals surface area contributed by atoms with Gasteiger partial charge in [0.1, 0.15) is 0 Å². The van der Waals surface area contributed by atoms with E-state index in [9.17, 15) is 0 Å². The van der Waals surface area contributed by atoms with Crippen LogP contribution < -0.4 is 0 Å². The van der Waals surface area contributed by atoms with Gasteiger partial charge in [0, 0.05) is 11.8 Å². The van der Waals surface area contributed by atoms with Gasteiger partial charge in [-0.2, -0.15) is 0 Å². The van der Waals surface area contributed by atoms with Crippen molar-refractivity contribution in [1.29, 1.82) is 0 Å². The van der Waals surface area contributed by atoms with Crippen LogP contribution in [0.25, 0.3) is 11.3 Å². The number of aromatic nitrogens is 1. The topological polar surface area (TPSA) is 12.9 Å². The van der Waals surface area contributed by atoms with E-state index in [2.05, 4.69) is 79.5 Å². The van der Waals surface area contributed by atoms with Gasteiger partial charge in [0.2, 0.25) is 0 Å². The molecule has 2 aromatic carbocycles. The van der Waals surface area contributed by atoms with Gasteiger partial charge in [0.25, 0.3) is 0 Å². The molecule has 0 N–H and O–H groups in total. The van der Waals surface area contributed by atoms with Crippen LogP contribution in [0.4, 0.5) is 0 Å². The summed E-state index contributed by atoms with van der Waals surface area (Å²) in [6.45, 7) is 4.46. The Morgan fingerprint density at radius 2 is 1.11 bits per heavy atom. The molecule has 0 radical (unpaired) electrons. The first-order chi connectivity index (χ1) is 13.8. The van der Waals surface area contributed by atoms with Crippen molar-refractivity contribution < 1.29 is 0 Å². The Morgan fingerprint density at radius 1 is 0.536 bits per heavy atom. The van der Waals surface area contributed by atoms with Crippen molar-refractivity contribution >= 4 is 0 Å². The fourth-order valence-electron chi connectivity index (χ4n) is 3.61. The van der Waals surface area contributed by atoms with Gasteiger partial charge in [-0.05, 0) is 60.4 Å². The fraction of sp³-hybridized carbons (Fsp3) is 0.370. The molecule has 0 aliphatic carbocycles. The first-order valence-corrected chi connectivity index (χ1v) is 10.9. The lowest BCUT2D eigenvalue weighted by Crippen LogP contribution is -1.93. The van der Waals surface area contributed by atoms with Gasteiger partial charge in [-0.15, -0.1) is 0 Å². The van der Waals surface area contributed by atoms with E-state index in [-0.39, 0.29) is 0 Å². The number of hydrogen-bond acceptors (Lipinski definition) is 1. The maximum atomic E-state index is 4.63. The van der Waals surface area contributed by atoms with Crippen LogP contribution >= 0.6 is 0 Å². The Morgan fingerprint density at radius 3 is 1.64 bits per heavy atom. The molecule has 0 atom stereocenters. The van der Waals surface area contributed by atoms with E-state index in [1.54, 1.807) is 0 Å². The van der Waals surface area contributed by atoms with Crippen molar-refractivity contribution in [2.75, 3.05) is 0 Å². The van der Waals surface area contributed by atoms with Crippen molar-refractivity contribution in [2.24, 2.45) is 0 Å². The SMILES string of the molecule is CCCCCc1ccc(CCc2ccc(-c3ccc(CCC)cn3)cc2)cc1. The van der Waals surface area contributed by atoms with Crippen LogP contribution in [0.15, 0.2) is 66.9 Å². The molecular weight excluding hydrogens is 338 g/mol. The summed E-state index contributed by atoms with van der Waals surface area (Å²) in [4.78, 5) is 4.63. The van der Waals surface area contributed by atoms with Crippen molar-refractivity contribution in [3.63, 3.8) is 0 Å². The normalized spacial score (nSPS) is 10.9. The molecule has 1 heteroatoms. The van der Waals surface area contributed by atoms with Crippen LogP contribution in [-0.2, 0) is 25.7 Å². The Hall–Kier alpha value is -2.41. The predicted octanol–water partition coefficient (Wildman–Crippen LogP) is 7.22. The third-order valence-electron chi connectivity index (χ3n) is 5.41. The number of nitrogens with zero attached hydrogens (tertiary/aromatic N) is 1. The molecule has 1 nitrogen and oxygen atoms in total. The second-order valence-corrected chi connectivity index (χ2v) is 7.77. The maximum absolute atomic E-state index is 4.63. The molecule has 0 fully saturated rings. The molecule has 0 aliphatic heterocycles. The third kappa shape index (κ3) is 6.05. The molecule has 28 heavy (non-hydrogen) atoms. The van der Waals surface area contributed by atoms with E-state index in [0.29, 0.717) is 0 Å². The highest BCUT2D eigenvalue weighted by atomic mass is 14.7. The molecule has 146 valence electrons. The highest BCUT2D eigenvalue weighted by molar-refractivity contribution is 5.59. The van der Waals surface area contributed by atoms with Gasteiger partial charge in [0.05, 0.1) is 5.69 Å². The summed E-state index contributed by atoms with van der Waals surface area (Å²) >= 11 is 0. The van der Waals surface area contributed by atoms with Gasteiger partial charge < -0.3 is 0 Å². The first kappa shape index (κ1) is 20.3. The lowest BCUT2D eigenvalue weighted by Gasteiger charge is -2.07. The Labute approximate surface area is 170 Å². The monoisotopic (exact) mass is 371 g/mol. The lowest BCUT2D eigenvalue weighted by atomic mass is 10.00. The summed E-state index contributed by atoms with van der Waals surface area (Å²) in [6.07, 6.45) is 11.6. The summed E-state index contributed by atoms with van der Waals surface area (Å²) in [5.74, 6) is 0. The molecule has 0 unspecified atom stereocenters. The Balaban J connectivity index is 1.52. The molecule has 3 rings (SSSR count). The van der Waals surface area contributed by atoms with Gasteiger partial charge >= 0.3 is 0 Å². The van der Waals surface area contributed by atoms with E-state index >= 15 is 0 Å². The molecule has 1 aromatic heterocycles. The number of benzene rings is 2. The summed E-state index contributed by atoms with van der Waals surface area (Å²) in [5.41, 5.74) is 7.86. The first-order valence-electron chi connectivity index (χ1n) is 10.9. The zero-order valence-corrected chi connectivity index (χ0v) is 17.5. The second-order valence-electron chi connectivity index (χ2n) is 7.77. The minimum absolute atomic E-state index is 1.06. The van der Waals surface area contributed by atoms with E-state index in [1.165, 1.54) is 53.5 Å². The maximum Gasteiger partial charge on any atom is 0.0702 e. The number of pyridine rings is 1. The lowest BCUT2D eigenvalue weighted by molar-refractivity contribution is 0.717. The van der Waals surface area contributed by atoms with Gasteiger partial charge in [-0.25, -0.2) is 0 Å². The fourth-order valence-corrected chi connectivity index (χ4v) is 3.61. The average Bonchev–Trinajstić information content (AvgIpc) is 2.75. The van der Waals surface area contributed by atoms with Crippen LogP contribution in [0.3, 0.4) is 0 Å². The van der Waals surface area contributed by atoms with E-state index in [1.807, 2.05) is 6.20 Å². The number of aryl methyl sites for hydroxylation is 4. The average molecular weight is 372 g/mol. The van der Waals surface area contributed by atoms with Crippen molar-refractivity contribution in [3.05, 3.63) is 89.1 Å². The minimum Gasteiger partial charge on any atom is -0.256 e. The largest absolute Gasteiger partial charge is 0.256 e. The second kappa shape index (κ2) is 10.8. The molecule has 1 heterocycles. The number of unbranched alkanes of at least 4 members (excludes halogenated alkanes) is 2. The van der Waals surface area contributed by atoms with Gasteiger partial charge in [-0.1, -0.05) is 87.7 Å². The standard InChI is InChI=1S/C27H33N/c1-3-5-6-8-22-9-11-23(12-10-22)13-14-24-15-18-26(19-16-24)27-20-17-25(7-4-2)21-28-27/h9-12,15-21H,3-8,13-14H2,1-2H3. The molecule has 3 aromatic rings. The van der Waals surface area contributed by atoms with Crippen LogP contribution in [0.1, 0.15) is 61.8 Å². The van der Waals surface area contributed by atoms with E-state index in [0.717, 1.165) is 31.4 Å². The summed E-state index contributed by atoms with van der Waals surface area (Å²) in [5, 5.41) is 0. The smallest absolute Gasteiger partial charge is 0.0702 e. The molecule has 0 saturated heterocycles. The van der Waals surface area contributed by atoms with Gasteiger partial charge in [0.15, 0.2) is 0 Å². The number of hydrogen-bond donors (Lipinski definition) is 0. The third-order valence-corrected chi connectivity index (χ3v) is 5.41. The zero-order chi connectivity index (χ0) is 19.6. The van der Waals surface area contributed by atoms with Gasteiger partial charge in [-0.3, -0.25) is 4.98 Å². The Kier molecular flexibility index (Phi) is 7.84. The van der Waals surface area contributed by atoms with Crippen molar-refractivity contribution in [1.82, 2.24) is 4.98 Å². The molecule has 0 saturated carbocycles.